The van der Waals surface area contributed by atoms with E-state index in [0.29, 0.717) is 24.2 Å². The summed E-state index contributed by atoms with van der Waals surface area (Å²) in [5.41, 5.74) is -0.786. The van der Waals surface area contributed by atoms with Gasteiger partial charge in [-0.2, -0.15) is 0 Å². The number of halogens is 2. The molecule has 4 rings (SSSR count). The third kappa shape index (κ3) is 3.87. The average Bonchev–Trinajstić information content (AvgIpc) is 3.10. The Kier molecular flexibility index (Phi) is 5.29. The molecule has 1 amide bonds. The van der Waals surface area contributed by atoms with Gasteiger partial charge in [0, 0.05) is 18.4 Å². The fourth-order valence-corrected chi connectivity index (χ4v) is 4.27. The number of hydrogen-bond donors (Lipinski definition) is 3. The number of hydrogen-bond acceptors (Lipinski definition) is 6. The molecule has 3 N–H and O–H groups in total. The van der Waals surface area contributed by atoms with Gasteiger partial charge in [0.05, 0.1) is 17.5 Å². The Bertz CT molecular complexity index is 1010. The van der Waals surface area contributed by atoms with Crippen LogP contribution in [0.2, 0.25) is 0 Å². The standard InChI is InChI=1S/C18H19F2N5O2S/c19-9-7-10-14(11(20)8-9)24-18(25-16(10)26)28-6-5-21-17(27)15-22-12-3-1-2-4-13(12)23-15/h7-8,12-13H,1-6H2,(H,21,27)(H,22,23)(H,24,25,26). The number of carbonyl (C=O) groups is 1. The molecule has 7 nitrogen and oxygen atoms in total. The molecule has 2 unspecified atom stereocenters. The van der Waals surface area contributed by atoms with Crippen molar-refractivity contribution in [2.45, 2.75) is 42.9 Å². The zero-order valence-electron chi connectivity index (χ0n) is 14.9. The van der Waals surface area contributed by atoms with E-state index < -0.39 is 17.2 Å². The topological polar surface area (TPSA) is 99.2 Å². The second-order valence-electron chi connectivity index (χ2n) is 6.84. The number of H-pyrrole nitrogens is 1. The molecule has 0 radical (unpaired) electrons. The zero-order valence-corrected chi connectivity index (χ0v) is 15.7. The van der Waals surface area contributed by atoms with E-state index in [2.05, 4.69) is 25.6 Å². The predicted molar refractivity (Wildman–Crippen MR) is 103 cm³/mol. The fraction of sp³-hybridized carbons (Fsp3) is 0.444. The highest BCUT2D eigenvalue weighted by molar-refractivity contribution is 7.99. The Hall–Kier alpha value is -2.49. The van der Waals surface area contributed by atoms with Gasteiger partial charge in [0.15, 0.2) is 16.8 Å². The number of aromatic amines is 1. The normalized spacial score (nSPS) is 21.1. The highest BCUT2D eigenvalue weighted by atomic mass is 32.2. The number of carbonyl (C=O) groups excluding carboxylic acids is 1. The molecule has 2 heterocycles. The van der Waals surface area contributed by atoms with Crippen LogP contribution in [0.25, 0.3) is 10.9 Å². The maximum absolute atomic E-state index is 13.9. The molecule has 0 saturated heterocycles. The molecule has 10 heteroatoms. The summed E-state index contributed by atoms with van der Waals surface area (Å²) in [6.45, 7) is 0.327. The molecule has 1 aromatic carbocycles. The first-order valence-corrected chi connectivity index (χ1v) is 10.1. The third-order valence-corrected chi connectivity index (χ3v) is 5.77. The number of benzene rings is 1. The minimum absolute atomic E-state index is 0.137. The molecule has 2 aliphatic rings. The van der Waals surface area contributed by atoms with Crippen LogP contribution in [0.1, 0.15) is 25.7 Å². The molecule has 1 aliphatic carbocycles. The fourth-order valence-electron chi connectivity index (χ4n) is 3.55. The van der Waals surface area contributed by atoms with E-state index in [1.165, 1.54) is 0 Å². The van der Waals surface area contributed by atoms with Crippen molar-refractivity contribution in [1.29, 1.82) is 0 Å². The molecule has 0 bridgehead atoms. The number of aliphatic imine (C=N–C) groups is 1. The van der Waals surface area contributed by atoms with Gasteiger partial charge >= 0.3 is 0 Å². The largest absolute Gasteiger partial charge is 0.361 e. The van der Waals surface area contributed by atoms with Crippen LogP contribution in [0.15, 0.2) is 27.1 Å². The van der Waals surface area contributed by atoms with Crippen LogP contribution in [-0.2, 0) is 4.79 Å². The number of thioether (sulfide) groups is 1. The van der Waals surface area contributed by atoms with Gasteiger partial charge in [0.25, 0.3) is 11.5 Å². The lowest BCUT2D eigenvalue weighted by Crippen LogP contribution is -2.43. The maximum atomic E-state index is 13.9. The van der Waals surface area contributed by atoms with Gasteiger partial charge < -0.3 is 15.6 Å². The maximum Gasteiger partial charge on any atom is 0.286 e. The summed E-state index contributed by atoms with van der Waals surface area (Å²) in [6.07, 6.45) is 4.33. The van der Waals surface area contributed by atoms with Crippen LogP contribution >= 0.6 is 11.8 Å². The predicted octanol–water partition coefficient (Wildman–Crippen LogP) is 1.72. The lowest BCUT2D eigenvalue weighted by Gasteiger charge is -2.23. The van der Waals surface area contributed by atoms with E-state index in [1.807, 2.05) is 0 Å². The Balaban J connectivity index is 1.33. The average molecular weight is 407 g/mol. The number of nitrogens with one attached hydrogen (secondary N) is 3. The molecule has 2 atom stereocenters. The van der Waals surface area contributed by atoms with Gasteiger partial charge in [0.1, 0.15) is 11.3 Å². The van der Waals surface area contributed by atoms with Crippen molar-refractivity contribution in [3.8, 4) is 0 Å². The van der Waals surface area contributed by atoms with Crippen molar-refractivity contribution in [2.24, 2.45) is 4.99 Å². The first-order chi connectivity index (χ1) is 13.5. The van der Waals surface area contributed by atoms with Gasteiger partial charge in [-0.05, 0) is 18.9 Å². The molecule has 2 aromatic rings. The van der Waals surface area contributed by atoms with E-state index in [1.54, 1.807) is 0 Å². The number of nitrogens with zero attached hydrogens (tertiary/aromatic N) is 2. The SMILES string of the molecule is O=C(NCCSc1nc2c(F)cc(F)cc2c(=O)[nH]1)C1=NC2CCCCC2N1. The van der Waals surface area contributed by atoms with Gasteiger partial charge in [-0.25, -0.2) is 13.8 Å². The van der Waals surface area contributed by atoms with Gasteiger partial charge in [-0.15, -0.1) is 0 Å². The van der Waals surface area contributed by atoms with E-state index in [9.17, 15) is 18.4 Å². The summed E-state index contributed by atoms with van der Waals surface area (Å²) in [5, 5.41) is 6.04. The Morgan fingerprint density at radius 1 is 1.29 bits per heavy atom. The molecule has 1 aromatic heterocycles. The smallest absolute Gasteiger partial charge is 0.286 e. The van der Waals surface area contributed by atoms with Crippen LogP contribution in [0.3, 0.4) is 0 Å². The number of aromatic nitrogens is 2. The van der Waals surface area contributed by atoms with Crippen LogP contribution < -0.4 is 16.2 Å². The van der Waals surface area contributed by atoms with Crippen LogP contribution in [0.5, 0.6) is 0 Å². The first-order valence-electron chi connectivity index (χ1n) is 9.15. The molecule has 28 heavy (non-hydrogen) atoms. The molecule has 148 valence electrons. The second-order valence-corrected chi connectivity index (χ2v) is 7.92. The third-order valence-electron chi connectivity index (χ3n) is 4.89. The molecule has 1 saturated carbocycles. The van der Waals surface area contributed by atoms with Crippen molar-refractivity contribution >= 4 is 34.4 Å². The molecule has 0 spiro atoms. The van der Waals surface area contributed by atoms with Crippen LogP contribution in [0.4, 0.5) is 8.78 Å². The van der Waals surface area contributed by atoms with Crippen LogP contribution in [0, 0.1) is 11.6 Å². The van der Waals surface area contributed by atoms with Gasteiger partial charge in [-0.3, -0.25) is 14.6 Å². The van der Waals surface area contributed by atoms with Gasteiger partial charge in [-0.1, -0.05) is 24.6 Å². The Morgan fingerprint density at radius 2 is 2.11 bits per heavy atom. The zero-order chi connectivity index (χ0) is 19.7. The number of amides is 1. The summed E-state index contributed by atoms with van der Waals surface area (Å²) in [7, 11) is 0. The lowest BCUT2D eigenvalue weighted by atomic mass is 9.92. The number of fused-ring (bicyclic) bond motifs is 2. The summed E-state index contributed by atoms with van der Waals surface area (Å²) in [5.74, 6) is -1.17. The van der Waals surface area contributed by atoms with Crippen molar-refractivity contribution < 1.29 is 13.6 Å². The summed E-state index contributed by atoms with van der Waals surface area (Å²) < 4.78 is 27.1. The Morgan fingerprint density at radius 3 is 2.93 bits per heavy atom. The highest BCUT2D eigenvalue weighted by Gasteiger charge is 2.33. The van der Waals surface area contributed by atoms with Crippen LogP contribution in [-0.4, -0.2) is 46.1 Å². The van der Waals surface area contributed by atoms with Crippen molar-refractivity contribution in [1.82, 2.24) is 20.6 Å². The molecular weight excluding hydrogens is 388 g/mol. The second kappa shape index (κ2) is 7.86. The Labute approximate surface area is 163 Å². The summed E-state index contributed by atoms with van der Waals surface area (Å²) >= 11 is 1.16. The highest BCUT2D eigenvalue weighted by Crippen LogP contribution is 2.24. The first kappa shape index (κ1) is 18.9. The molecule has 1 fully saturated rings. The monoisotopic (exact) mass is 407 g/mol. The van der Waals surface area contributed by atoms with E-state index >= 15 is 0 Å². The minimum atomic E-state index is -0.886. The summed E-state index contributed by atoms with van der Waals surface area (Å²) in [4.78, 5) is 35.2. The minimum Gasteiger partial charge on any atom is -0.361 e. The summed E-state index contributed by atoms with van der Waals surface area (Å²) in [6, 6.07) is 2.09. The van der Waals surface area contributed by atoms with E-state index in [-0.39, 0.29) is 34.1 Å². The number of amidine groups is 1. The van der Waals surface area contributed by atoms with E-state index in [4.69, 9.17) is 0 Å². The van der Waals surface area contributed by atoms with E-state index in [0.717, 1.165) is 43.5 Å². The van der Waals surface area contributed by atoms with Gasteiger partial charge in [0.2, 0.25) is 0 Å². The molecule has 1 aliphatic heterocycles. The lowest BCUT2D eigenvalue weighted by molar-refractivity contribution is -0.114. The van der Waals surface area contributed by atoms with Crippen molar-refractivity contribution in [2.75, 3.05) is 12.3 Å². The molecular formula is C18H19F2N5O2S. The number of rotatable bonds is 5. The van der Waals surface area contributed by atoms with Crippen molar-refractivity contribution in [3.05, 3.63) is 34.1 Å². The van der Waals surface area contributed by atoms with Crippen molar-refractivity contribution in [3.63, 3.8) is 0 Å². The quantitative estimate of drug-likeness (QED) is 0.398.